The summed E-state index contributed by atoms with van der Waals surface area (Å²) in [5.74, 6) is -0.857. The summed E-state index contributed by atoms with van der Waals surface area (Å²) in [6.45, 7) is 1.93. The average molecular weight is 328 g/mol. The Kier molecular flexibility index (Phi) is 6.56. The highest BCUT2D eigenvalue weighted by Gasteiger charge is 2.09. The normalized spacial score (nSPS) is 11.9. The van der Waals surface area contributed by atoms with Gasteiger partial charge in [0.1, 0.15) is 0 Å². The molecule has 19 heavy (non-hydrogen) atoms. The molecule has 104 valence electrons. The van der Waals surface area contributed by atoms with Crippen LogP contribution in [0.1, 0.15) is 44.2 Å². The predicted octanol–water partition coefficient (Wildman–Crippen LogP) is 3.27. The van der Waals surface area contributed by atoms with Crippen LogP contribution in [0.15, 0.2) is 28.7 Å². The lowest BCUT2D eigenvalue weighted by molar-refractivity contribution is -0.137. The van der Waals surface area contributed by atoms with Crippen LogP contribution in [0.4, 0.5) is 0 Å². The number of benzene rings is 1. The molecule has 0 unspecified atom stereocenters. The molecule has 1 amide bonds. The van der Waals surface area contributed by atoms with Crippen LogP contribution >= 0.6 is 15.9 Å². The van der Waals surface area contributed by atoms with E-state index in [0.717, 1.165) is 10.0 Å². The number of carboxylic acids is 1. The van der Waals surface area contributed by atoms with E-state index < -0.39 is 5.97 Å². The molecule has 5 heteroatoms. The van der Waals surface area contributed by atoms with Gasteiger partial charge in [-0.3, -0.25) is 9.59 Å². The van der Waals surface area contributed by atoms with Crippen molar-refractivity contribution in [1.82, 2.24) is 5.32 Å². The molecule has 0 heterocycles. The topological polar surface area (TPSA) is 66.4 Å². The minimum absolute atomic E-state index is 0.0409. The van der Waals surface area contributed by atoms with Crippen LogP contribution in [0.5, 0.6) is 0 Å². The molecule has 0 bridgehead atoms. The molecular formula is C14H18BrNO3. The van der Waals surface area contributed by atoms with Crippen molar-refractivity contribution in [3.05, 3.63) is 34.3 Å². The van der Waals surface area contributed by atoms with Crippen LogP contribution in [0.3, 0.4) is 0 Å². The fourth-order valence-corrected chi connectivity index (χ4v) is 1.97. The Balaban J connectivity index is 2.31. The van der Waals surface area contributed by atoms with Gasteiger partial charge in [0.25, 0.3) is 0 Å². The van der Waals surface area contributed by atoms with Crippen molar-refractivity contribution in [2.45, 2.75) is 38.6 Å². The first-order chi connectivity index (χ1) is 8.99. The third-order valence-corrected chi connectivity index (χ3v) is 3.32. The number of hydrogen-bond acceptors (Lipinski definition) is 2. The van der Waals surface area contributed by atoms with Gasteiger partial charge in [0, 0.05) is 17.3 Å². The van der Waals surface area contributed by atoms with E-state index in [0.29, 0.717) is 19.3 Å². The van der Waals surface area contributed by atoms with Crippen molar-refractivity contribution in [3.63, 3.8) is 0 Å². The highest BCUT2D eigenvalue weighted by atomic mass is 79.9. The molecule has 1 atom stereocenters. The monoisotopic (exact) mass is 327 g/mol. The molecule has 0 spiro atoms. The molecule has 0 aliphatic heterocycles. The Morgan fingerprint density at radius 2 is 1.79 bits per heavy atom. The number of rotatable bonds is 7. The summed E-state index contributed by atoms with van der Waals surface area (Å²) in [5.41, 5.74) is 1.04. The number of carboxylic acid groups (broad SMARTS) is 1. The number of halogens is 1. The molecule has 0 saturated carbocycles. The molecule has 2 N–H and O–H groups in total. The van der Waals surface area contributed by atoms with Crippen molar-refractivity contribution in [2.24, 2.45) is 0 Å². The third kappa shape index (κ3) is 6.38. The molecule has 1 aromatic carbocycles. The van der Waals surface area contributed by atoms with Crippen LogP contribution in [0, 0.1) is 0 Å². The van der Waals surface area contributed by atoms with Gasteiger partial charge in [-0.15, -0.1) is 0 Å². The quantitative estimate of drug-likeness (QED) is 0.755. The summed E-state index contributed by atoms with van der Waals surface area (Å²) < 4.78 is 1.00. The number of carbonyl (C=O) groups is 2. The third-order valence-electron chi connectivity index (χ3n) is 2.79. The number of hydrogen-bond donors (Lipinski definition) is 2. The van der Waals surface area contributed by atoms with E-state index in [1.165, 1.54) is 0 Å². The van der Waals surface area contributed by atoms with E-state index >= 15 is 0 Å². The Morgan fingerprint density at radius 3 is 2.37 bits per heavy atom. The first kappa shape index (κ1) is 15.7. The summed E-state index contributed by atoms with van der Waals surface area (Å²) in [7, 11) is 0. The van der Waals surface area contributed by atoms with Crippen molar-refractivity contribution in [3.8, 4) is 0 Å². The lowest BCUT2D eigenvalue weighted by Crippen LogP contribution is -2.26. The van der Waals surface area contributed by atoms with Crippen molar-refractivity contribution < 1.29 is 14.7 Å². The largest absolute Gasteiger partial charge is 0.481 e. The Hall–Kier alpha value is -1.36. The van der Waals surface area contributed by atoms with E-state index in [-0.39, 0.29) is 18.4 Å². The maximum atomic E-state index is 11.7. The maximum Gasteiger partial charge on any atom is 0.303 e. The summed E-state index contributed by atoms with van der Waals surface area (Å²) in [5, 5.41) is 11.4. The van der Waals surface area contributed by atoms with Gasteiger partial charge in [-0.2, -0.15) is 0 Å². The standard InChI is InChI=1S/C14H18BrNO3/c1-10(11-6-8-12(15)9-7-11)16-13(17)4-2-3-5-14(18)19/h6-10H,2-5H2,1H3,(H,16,17)(H,18,19)/t10-/m0/s1. The molecule has 0 radical (unpaired) electrons. The molecule has 0 aromatic heterocycles. The van der Waals surface area contributed by atoms with Crippen molar-refractivity contribution in [1.29, 1.82) is 0 Å². The fraction of sp³-hybridized carbons (Fsp3) is 0.429. The highest BCUT2D eigenvalue weighted by Crippen LogP contribution is 2.16. The molecular weight excluding hydrogens is 310 g/mol. The van der Waals surface area contributed by atoms with E-state index in [9.17, 15) is 9.59 Å². The van der Waals surface area contributed by atoms with E-state index in [1.54, 1.807) is 0 Å². The van der Waals surface area contributed by atoms with Gasteiger partial charge in [0.15, 0.2) is 0 Å². The zero-order valence-corrected chi connectivity index (χ0v) is 12.4. The predicted molar refractivity (Wildman–Crippen MR) is 76.8 cm³/mol. The highest BCUT2D eigenvalue weighted by molar-refractivity contribution is 9.10. The molecule has 0 aliphatic carbocycles. The molecule has 0 saturated heterocycles. The minimum Gasteiger partial charge on any atom is -0.481 e. The number of aliphatic carboxylic acids is 1. The number of unbranched alkanes of at least 4 members (excludes halogenated alkanes) is 1. The van der Waals surface area contributed by atoms with E-state index in [4.69, 9.17) is 5.11 Å². The number of carbonyl (C=O) groups excluding carboxylic acids is 1. The SMILES string of the molecule is C[C@H](NC(=O)CCCCC(=O)O)c1ccc(Br)cc1. The fourth-order valence-electron chi connectivity index (χ4n) is 1.71. The first-order valence-electron chi connectivity index (χ1n) is 6.25. The van der Waals surface area contributed by atoms with Crippen molar-refractivity contribution in [2.75, 3.05) is 0 Å². The lowest BCUT2D eigenvalue weighted by Gasteiger charge is -2.14. The second kappa shape index (κ2) is 7.94. The molecule has 0 fully saturated rings. The molecule has 0 aliphatic rings. The first-order valence-corrected chi connectivity index (χ1v) is 7.05. The van der Waals surface area contributed by atoms with Gasteiger partial charge in [-0.05, 0) is 37.5 Å². The van der Waals surface area contributed by atoms with Crippen LogP contribution in [0.2, 0.25) is 0 Å². The zero-order valence-electron chi connectivity index (χ0n) is 10.9. The second-order valence-electron chi connectivity index (χ2n) is 4.44. The van der Waals surface area contributed by atoms with Gasteiger partial charge in [0.2, 0.25) is 5.91 Å². The Bertz CT molecular complexity index is 431. The van der Waals surface area contributed by atoms with Gasteiger partial charge in [-0.1, -0.05) is 28.1 Å². The Morgan fingerprint density at radius 1 is 1.21 bits per heavy atom. The van der Waals surface area contributed by atoms with Gasteiger partial charge < -0.3 is 10.4 Å². The lowest BCUT2D eigenvalue weighted by atomic mass is 10.1. The Labute approximate surface area is 121 Å². The summed E-state index contributed by atoms with van der Waals surface area (Å²) in [6.07, 6.45) is 1.63. The zero-order chi connectivity index (χ0) is 14.3. The summed E-state index contributed by atoms with van der Waals surface area (Å²) in [6, 6.07) is 7.74. The van der Waals surface area contributed by atoms with E-state index in [1.807, 2.05) is 31.2 Å². The van der Waals surface area contributed by atoms with Crippen LogP contribution < -0.4 is 5.32 Å². The van der Waals surface area contributed by atoms with Gasteiger partial charge in [-0.25, -0.2) is 0 Å². The van der Waals surface area contributed by atoms with Crippen LogP contribution in [-0.2, 0) is 9.59 Å². The maximum absolute atomic E-state index is 11.7. The van der Waals surface area contributed by atoms with Gasteiger partial charge >= 0.3 is 5.97 Å². The molecule has 1 rings (SSSR count). The number of amides is 1. The summed E-state index contributed by atoms with van der Waals surface area (Å²) in [4.78, 5) is 22.0. The molecule has 4 nitrogen and oxygen atoms in total. The van der Waals surface area contributed by atoms with E-state index in [2.05, 4.69) is 21.2 Å². The van der Waals surface area contributed by atoms with Crippen LogP contribution in [-0.4, -0.2) is 17.0 Å². The smallest absolute Gasteiger partial charge is 0.303 e. The van der Waals surface area contributed by atoms with Crippen LogP contribution in [0.25, 0.3) is 0 Å². The average Bonchev–Trinajstić information content (AvgIpc) is 2.35. The summed E-state index contributed by atoms with van der Waals surface area (Å²) >= 11 is 3.36. The molecule has 1 aromatic rings. The second-order valence-corrected chi connectivity index (χ2v) is 5.36. The minimum atomic E-state index is -0.816. The van der Waals surface area contributed by atoms with Crippen molar-refractivity contribution >= 4 is 27.8 Å². The number of nitrogens with one attached hydrogen (secondary N) is 1. The van der Waals surface area contributed by atoms with Gasteiger partial charge in [0.05, 0.1) is 6.04 Å².